The molecule has 5 rings (SSSR count). The molecule has 0 unspecified atom stereocenters. The van der Waals surface area contributed by atoms with E-state index in [1.807, 2.05) is 104 Å². The van der Waals surface area contributed by atoms with Gasteiger partial charge < -0.3 is 4.74 Å². The number of hydrogen-bond donors (Lipinski definition) is 0. The van der Waals surface area contributed by atoms with Gasteiger partial charge in [0.2, 0.25) is 0 Å². The van der Waals surface area contributed by atoms with Gasteiger partial charge in [-0.05, 0) is 48.4 Å². The maximum atomic E-state index is 13.9. The molecule has 1 amide bonds. The van der Waals surface area contributed by atoms with Crippen LogP contribution in [0, 0.1) is 6.92 Å². The first-order valence-electron chi connectivity index (χ1n) is 11.8. The number of thiazole rings is 1. The monoisotopic (exact) mass is 525 g/mol. The Kier molecular flexibility index (Phi) is 7.59. The Bertz CT molecular complexity index is 1490. The third-order valence-corrected chi connectivity index (χ3v) is 7.15. The topological polar surface area (TPSA) is 55.3 Å². The van der Waals surface area contributed by atoms with Crippen molar-refractivity contribution in [1.82, 2.24) is 9.97 Å². The van der Waals surface area contributed by atoms with Crippen molar-refractivity contribution in [3.05, 3.63) is 130 Å². The fourth-order valence-corrected chi connectivity index (χ4v) is 5.01. The molecule has 0 bridgehead atoms. The average molecular weight is 526 g/mol. The number of pyridine rings is 1. The van der Waals surface area contributed by atoms with Crippen LogP contribution in [0.5, 0.6) is 5.75 Å². The van der Waals surface area contributed by atoms with E-state index in [9.17, 15) is 4.79 Å². The van der Waals surface area contributed by atoms with Crippen molar-refractivity contribution in [2.75, 3.05) is 4.90 Å². The van der Waals surface area contributed by atoms with Crippen LogP contribution in [-0.2, 0) is 13.2 Å². The van der Waals surface area contributed by atoms with Gasteiger partial charge in [0.05, 0.1) is 16.4 Å². The SMILES string of the molecule is Cc1nc(C(=O)N(Cc2ccc(OCc3ccccc3Cl)cc2)c2ccccn2)c(-c2ccccc2)s1. The molecule has 5 aromatic rings. The molecule has 0 saturated carbocycles. The smallest absolute Gasteiger partial charge is 0.279 e. The van der Waals surface area contributed by atoms with Crippen molar-refractivity contribution in [2.45, 2.75) is 20.1 Å². The quantitative estimate of drug-likeness (QED) is 0.209. The van der Waals surface area contributed by atoms with Gasteiger partial charge in [0.25, 0.3) is 5.91 Å². The molecule has 7 heteroatoms. The predicted molar refractivity (Wildman–Crippen MR) is 149 cm³/mol. The molecule has 0 fully saturated rings. The number of aryl methyl sites for hydroxylation is 1. The number of rotatable bonds is 8. The van der Waals surface area contributed by atoms with Crippen molar-refractivity contribution < 1.29 is 9.53 Å². The van der Waals surface area contributed by atoms with E-state index in [0.29, 0.717) is 29.7 Å². The Morgan fingerprint density at radius 3 is 2.38 bits per heavy atom. The predicted octanol–water partition coefficient (Wildman–Crippen LogP) is 7.59. The molecule has 0 aliphatic heterocycles. The van der Waals surface area contributed by atoms with E-state index in [1.54, 1.807) is 11.1 Å². The number of hydrogen-bond acceptors (Lipinski definition) is 5. The number of ether oxygens (including phenoxy) is 1. The zero-order chi connectivity index (χ0) is 25.6. The van der Waals surface area contributed by atoms with Crippen LogP contribution >= 0.6 is 22.9 Å². The molecule has 0 radical (unpaired) electrons. The lowest BCUT2D eigenvalue weighted by Crippen LogP contribution is -2.31. The molecule has 2 aromatic heterocycles. The van der Waals surface area contributed by atoms with Crippen LogP contribution in [0.1, 0.15) is 26.6 Å². The summed E-state index contributed by atoms with van der Waals surface area (Å²) in [5.41, 5.74) is 3.27. The molecule has 0 spiro atoms. The number of carbonyl (C=O) groups is 1. The maximum absolute atomic E-state index is 13.9. The molecule has 0 aliphatic carbocycles. The number of benzene rings is 3. The number of nitrogens with zero attached hydrogens (tertiary/aromatic N) is 3. The fourth-order valence-electron chi connectivity index (χ4n) is 3.91. The first kappa shape index (κ1) is 24.7. The summed E-state index contributed by atoms with van der Waals surface area (Å²) in [6.45, 7) is 2.63. The zero-order valence-electron chi connectivity index (χ0n) is 20.2. The first-order valence-corrected chi connectivity index (χ1v) is 13.0. The van der Waals surface area contributed by atoms with Crippen molar-refractivity contribution in [3.63, 3.8) is 0 Å². The van der Waals surface area contributed by atoms with Crippen LogP contribution in [0.2, 0.25) is 5.02 Å². The van der Waals surface area contributed by atoms with Crippen LogP contribution in [0.4, 0.5) is 5.82 Å². The Labute approximate surface area is 225 Å². The van der Waals surface area contributed by atoms with Gasteiger partial charge in [-0.3, -0.25) is 9.69 Å². The lowest BCUT2D eigenvalue weighted by molar-refractivity contribution is 0.0980. The molecule has 37 heavy (non-hydrogen) atoms. The fraction of sp³-hybridized carbons (Fsp3) is 0.100. The number of carbonyl (C=O) groups excluding carboxylic acids is 1. The highest BCUT2D eigenvalue weighted by Gasteiger charge is 2.25. The largest absolute Gasteiger partial charge is 0.489 e. The van der Waals surface area contributed by atoms with E-state index in [4.69, 9.17) is 16.3 Å². The number of halogens is 1. The third kappa shape index (κ3) is 5.88. The molecule has 3 aromatic carbocycles. The molecule has 2 heterocycles. The summed E-state index contributed by atoms with van der Waals surface area (Å²) < 4.78 is 5.92. The molecule has 5 nitrogen and oxygen atoms in total. The van der Waals surface area contributed by atoms with Gasteiger partial charge in [-0.2, -0.15) is 0 Å². The number of aromatic nitrogens is 2. The van der Waals surface area contributed by atoms with Gasteiger partial charge in [0.1, 0.15) is 23.9 Å². The van der Waals surface area contributed by atoms with Crippen LogP contribution in [0.15, 0.2) is 103 Å². The zero-order valence-corrected chi connectivity index (χ0v) is 21.7. The molecule has 0 saturated heterocycles. The molecule has 0 atom stereocenters. The van der Waals surface area contributed by atoms with E-state index >= 15 is 0 Å². The highest BCUT2D eigenvalue weighted by Crippen LogP contribution is 2.32. The van der Waals surface area contributed by atoms with E-state index < -0.39 is 0 Å². The van der Waals surface area contributed by atoms with Crippen LogP contribution < -0.4 is 9.64 Å². The molecular formula is C30H24ClN3O2S. The third-order valence-electron chi connectivity index (χ3n) is 5.76. The van der Waals surface area contributed by atoms with Crippen molar-refractivity contribution >= 4 is 34.7 Å². The van der Waals surface area contributed by atoms with Gasteiger partial charge >= 0.3 is 0 Å². The first-order chi connectivity index (χ1) is 18.1. The summed E-state index contributed by atoms with van der Waals surface area (Å²) >= 11 is 7.75. The number of amides is 1. The van der Waals surface area contributed by atoms with Crippen molar-refractivity contribution in [3.8, 4) is 16.2 Å². The van der Waals surface area contributed by atoms with E-state index in [-0.39, 0.29) is 5.91 Å². The number of anilines is 1. The molecule has 184 valence electrons. The maximum Gasteiger partial charge on any atom is 0.279 e. The Morgan fingerprint density at radius 1 is 0.919 bits per heavy atom. The van der Waals surface area contributed by atoms with Crippen LogP contribution in [0.3, 0.4) is 0 Å². The minimum absolute atomic E-state index is 0.194. The van der Waals surface area contributed by atoms with Crippen LogP contribution in [0.25, 0.3) is 10.4 Å². The molecular weight excluding hydrogens is 502 g/mol. The summed E-state index contributed by atoms with van der Waals surface area (Å²) in [4.78, 5) is 25.5. The second-order valence-electron chi connectivity index (χ2n) is 8.38. The van der Waals surface area contributed by atoms with Gasteiger partial charge in [-0.25, -0.2) is 9.97 Å². The average Bonchev–Trinajstić information content (AvgIpc) is 3.34. The Balaban J connectivity index is 1.39. The summed E-state index contributed by atoms with van der Waals surface area (Å²) in [6, 6.07) is 30.7. The minimum Gasteiger partial charge on any atom is -0.489 e. The van der Waals surface area contributed by atoms with Gasteiger partial charge in [0.15, 0.2) is 0 Å². The standard InChI is InChI=1S/C30H24ClN3O2S/c1-21-33-28(29(37-21)23-9-3-2-4-10-23)30(35)34(27-13-7-8-18-32-27)19-22-14-16-25(17-15-22)36-20-24-11-5-6-12-26(24)31/h2-18H,19-20H2,1H3. The normalized spacial score (nSPS) is 10.8. The second-order valence-corrected chi connectivity index (χ2v) is 9.99. The summed E-state index contributed by atoms with van der Waals surface area (Å²) in [6.07, 6.45) is 1.69. The summed E-state index contributed by atoms with van der Waals surface area (Å²) in [7, 11) is 0. The van der Waals surface area contributed by atoms with Crippen molar-refractivity contribution in [1.29, 1.82) is 0 Å². The summed E-state index contributed by atoms with van der Waals surface area (Å²) in [5, 5.41) is 1.51. The van der Waals surface area contributed by atoms with Gasteiger partial charge in [0, 0.05) is 16.8 Å². The van der Waals surface area contributed by atoms with E-state index in [2.05, 4.69) is 9.97 Å². The van der Waals surface area contributed by atoms with E-state index in [0.717, 1.165) is 32.3 Å². The molecule has 0 aliphatic rings. The highest BCUT2D eigenvalue weighted by molar-refractivity contribution is 7.15. The lowest BCUT2D eigenvalue weighted by Gasteiger charge is -2.22. The summed E-state index contributed by atoms with van der Waals surface area (Å²) in [5.74, 6) is 1.10. The Hall–Kier alpha value is -4.00. The Morgan fingerprint density at radius 2 is 1.65 bits per heavy atom. The second kappa shape index (κ2) is 11.4. The van der Waals surface area contributed by atoms with E-state index in [1.165, 1.54) is 11.3 Å². The minimum atomic E-state index is -0.194. The lowest BCUT2D eigenvalue weighted by atomic mass is 10.1. The molecule has 0 N–H and O–H groups in total. The van der Waals surface area contributed by atoms with Crippen LogP contribution in [-0.4, -0.2) is 15.9 Å². The van der Waals surface area contributed by atoms with Gasteiger partial charge in [-0.1, -0.05) is 78.3 Å². The highest BCUT2D eigenvalue weighted by atomic mass is 35.5. The van der Waals surface area contributed by atoms with Gasteiger partial charge in [-0.15, -0.1) is 11.3 Å². The van der Waals surface area contributed by atoms with Crippen molar-refractivity contribution in [2.24, 2.45) is 0 Å².